The van der Waals surface area contributed by atoms with Crippen LogP contribution in [0.25, 0.3) is 0 Å². The smallest absolute Gasteiger partial charge is 0.265 e. The molecule has 18 heavy (non-hydrogen) atoms. The molecule has 1 saturated heterocycles. The van der Waals surface area contributed by atoms with Crippen LogP contribution in [0, 0.1) is 5.41 Å². The van der Waals surface area contributed by atoms with Gasteiger partial charge in [0, 0.05) is 23.0 Å². The Kier molecular flexibility index (Phi) is 4.08. The molecular formula is C12H15BrN2OS2. The van der Waals surface area contributed by atoms with E-state index in [4.69, 9.17) is 18.0 Å². The molecule has 0 aliphatic carbocycles. The number of hydrogen-bond acceptors (Lipinski definition) is 3. The minimum absolute atomic E-state index is 0.0984. The molecule has 0 bridgehead atoms. The van der Waals surface area contributed by atoms with Gasteiger partial charge in [-0.15, -0.1) is 11.3 Å². The third-order valence-electron chi connectivity index (χ3n) is 3.56. The SMILES string of the molecule is CC1(C(N)=S)CCN(C(=O)c2sccc2Br)CC1. The molecule has 0 atom stereocenters. The van der Waals surface area contributed by atoms with Gasteiger partial charge in [0.05, 0.1) is 4.99 Å². The number of carbonyl (C=O) groups excluding carboxylic acids is 1. The van der Waals surface area contributed by atoms with Gasteiger partial charge >= 0.3 is 0 Å². The molecule has 2 rings (SSSR count). The summed E-state index contributed by atoms with van der Waals surface area (Å²) in [5.41, 5.74) is 5.67. The fourth-order valence-electron chi connectivity index (χ4n) is 2.04. The molecule has 1 fully saturated rings. The van der Waals surface area contributed by atoms with E-state index < -0.39 is 0 Å². The number of carbonyl (C=O) groups is 1. The highest BCUT2D eigenvalue weighted by atomic mass is 79.9. The number of likely N-dealkylation sites (tertiary alicyclic amines) is 1. The Bertz CT molecular complexity index is 478. The highest BCUT2D eigenvalue weighted by Gasteiger charge is 2.34. The van der Waals surface area contributed by atoms with E-state index in [1.165, 1.54) is 11.3 Å². The number of thiophene rings is 1. The summed E-state index contributed by atoms with van der Waals surface area (Å²) in [6, 6.07) is 1.90. The second-order valence-electron chi connectivity index (χ2n) is 4.81. The first kappa shape index (κ1) is 14.0. The van der Waals surface area contributed by atoms with Gasteiger partial charge in [-0.3, -0.25) is 4.79 Å². The van der Waals surface area contributed by atoms with Gasteiger partial charge in [-0.05, 0) is 40.2 Å². The van der Waals surface area contributed by atoms with Gasteiger partial charge in [0.1, 0.15) is 4.88 Å². The molecule has 1 aromatic heterocycles. The Balaban J connectivity index is 2.05. The molecule has 1 aromatic rings. The quantitative estimate of drug-likeness (QED) is 0.837. The van der Waals surface area contributed by atoms with Crippen molar-refractivity contribution in [3.8, 4) is 0 Å². The zero-order chi connectivity index (χ0) is 13.3. The lowest BCUT2D eigenvalue weighted by Gasteiger charge is -2.38. The Morgan fingerprint density at radius 1 is 1.56 bits per heavy atom. The van der Waals surface area contributed by atoms with Crippen molar-refractivity contribution in [2.75, 3.05) is 13.1 Å². The van der Waals surface area contributed by atoms with Gasteiger partial charge in [-0.2, -0.15) is 0 Å². The minimum Gasteiger partial charge on any atom is -0.393 e. The third kappa shape index (κ3) is 2.60. The number of piperidine rings is 1. The number of thiocarbonyl (C=S) groups is 1. The average Bonchev–Trinajstić information content (AvgIpc) is 2.75. The number of nitrogens with two attached hydrogens (primary N) is 1. The maximum Gasteiger partial charge on any atom is 0.265 e. The number of rotatable bonds is 2. The Morgan fingerprint density at radius 3 is 2.61 bits per heavy atom. The second-order valence-corrected chi connectivity index (χ2v) is 7.03. The van der Waals surface area contributed by atoms with E-state index in [2.05, 4.69) is 22.9 Å². The Labute approximate surface area is 124 Å². The highest BCUT2D eigenvalue weighted by Crippen LogP contribution is 2.33. The first-order chi connectivity index (χ1) is 8.44. The van der Waals surface area contributed by atoms with E-state index in [9.17, 15) is 4.79 Å². The summed E-state index contributed by atoms with van der Waals surface area (Å²) in [7, 11) is 0. The zero-order valence-electron chi connectivity index (χ0n) is 10.1. The fourth-order valence-corrected chi connectivity index (χ4v) is 3.75. The summed E-state index contributed by atoms with van der Waals surface area (Å²) >= 11 is 9.97. The van der Waals surface area contributed by atoms with Gasteiger partial charge in [0.15, 0.2) is 0 Å². The normalized spacial score (nSPS) is 18.7. The number of nitrogens with zero attached hydrogens (tertiary/aromatic N) is 1. The monoisotopic (exact) mass is 346 g/mol. The molecule has 0 spiro atoms. The summed E-state index contributed by atoms with van der Waals surface area (Å²) in [6.45, 7) is 3.52. The second kappa shape index (κ2) is 5.27. The van der Waals surface area contributed by atoms with Crippen LogP contribution < -0.4 is 5.73 Å². The lowest BCUT2D eigenvalue weighted by atomic mass is 9.80. The molecule has 98 valence electrons. The topological polar surface area (TPSA) is 46.3 Å². The summed E-state index contributed by atoms with van der Waals surface area (Å²) in [6.07, 6.45) is 1.69. The van der Waals surface area contributed by atoms with Crippen molar-refractivity contribution in [3.05, 3.63) is 20.8 Å². The van der Waals surface area contributed by atoms with Crippen molar-refractivity contribution in [1.29, 1.82) is 0 Å². The molecule has 0 saturated carbocycles. The number of amides is 1. The van der Waals surface area contributed by atoms with Crippen molar-refractivity contribution in [2.45, 2.75) is 19.8 Å². The minimum atomic E-state index is -0.0984. The maximum absolute atomic E-state index is 12.3. The summed E-state index contributed by atoms with van der Waals surface area (Å²) in [4.78, 5) is 15.5. The third-order valence-corrected chi connectivity index (χ3v) is 5.88. The molecule has 2 heterocycles. The van der Waals surface area contributed by atoms with Crippen LogP contribution in [-0.4, -0.2) is 28.9 Å². The Hall–Kier alpha value is -0.460. The molecule has 2 N–H and O–H groups in total. The van der Waals surface area contributed by atoms with Crippen molar-refractivity contribution in [2.24, 2.45) is 11.1 Å². The number of halogens is 1. The van der Waals surface area contributed by atoms with Crippen LogP contribution in [0.3, 0.4) is 0 Å². The van der Waals surface area contributed by atoms with Crippen LogP contribution >= 0.6 is 39.5 Å². The van der Waals surface area contributed by atoms with Crippen LogP contribution in [0.1, 0.15) is 29.4 Å². The summed E-state index contributed by atoms with van der Waals surface area (Å²) in [5, 5.41) is 1.92. The lowest BCUT2D eigenvalue weighted by molar-refractivity contribution is 0.0674. The van der Waals surface area contributed by atoms with Gasteiger partial charge in [0.2, 0.25) is 0 Å². The average molecular weight is 347 g/mol. The Morgan fingerprint density at radius 2 is 2.17 bits per heavy atom. The lowest BCUT2D eigenvalue weighted by Crippen LogP contribution is -2.46. The summed E-state index contributed by atoms with van der Waals surface area (Å²) in [5.74, 6) is 0.0989. The standard InChI is InChI=1S/C12H15BrN2OS2/c1-12(11(14)17)3-5-15(6-4-12)10(16)9-8(13)2-7-18-9/h2,7H,3-6H2,1H3,(H2,14,17). The van der Waals surface area contributed by atoms with E-state index in [1.807, 2.05) is 16.3 Å². The van der Waals surface area contributed by atoms with Crippen LogP contribution in [0.4, 0.5) is 0 Å². The van der Waals surface area contributed by atoms with Crippen molar-refractivity contribution >= 4 is 50.4 Å². The molecule has 6 heteroatoms. The van der Waals surface area contributed by atoms with E-state index in [0.717, 1.165) is 35.3 Å². The molecule has 0 unspecified atom stereocenters. The van der Waals surface area contributed by atoms with Crippen LogP contribution in [0.15, 0.2) is 15.9 Å². The first-order valence-electron chi connectivity index (χ1n) is 5.76. The maximum atomic E-state index is 12.3. The molecule has 3 nitrogen and oxygen atoms in total. The highest BCUT2D eigenvalue weighted by molar-refractivity contribution is 9.10. The van der Waals surface area contributed by atoms with Gasteiger partial charge < -0.3 is 10.6 Å². The number of hydrogen-bond donors (Lipinski definition) is 1. The van der Waals surface area contributed by atoms with Crippen LogP contribution in [-0.2, 0) is 0 Å². The van der Waals surface area contributed by atoms with E-state index in [0.29, 0.717) is 4.99 Å². The zero-order valence-corrected chi connectivity index (χ0v) is 13.3. The molecule has 1 aliphatic rings. The molecule has 0 radical (unpaired) electrons. The molecule has 0 aromatic carbocycles. The van der Waals surface area contributed by atoms with E-state index in [1.54, 1.807) is 0 Å². The largest absolute Gasteiger partial charge is 0.393 e. The predicted molar refractivity (Wildman–Crippen MR) is 82.0 cm³/mol. The van der Waals surface area contributed by atoms with Gasteiger partial charge in [-0.1, -0.05) is 19.1 Å². The van der Waals surface area contributed by atoms with Crippen LogP contribution in [0.2, 0.25) is 0 Å². The first-order valence-corrected chi connectivity index (χ1v) is 7.84. The molecular weight excluding hydrogens is 332 g/mol. The van der Waals surface area contributed by atoms with Crippen molar-refractivity contribution in [1.82, 2.24) is 4.90 Å². The van der Waals surface area contributed by atoms with E-state index >= 15 is 0 Å². The predicted octanol–water partition coefficient (Wildman–Crippen LogP) is 3.04. The van der Waals surface area contributed by atoms with Gasteiger partial charge in [-0.25, -0.2) is 0 Å². The van der Waals surface area contributed by atoms with Gasteiger partial charge in [0.25, 0.3) is 5.91 Å². The molecule has 1 aliphatic heterocycles. The van der Waals surface area contributed by atoms with Crippen LogP contribution in [0.5, 0.6) is 0 Å². The van der Waals surface area contributed by atoms with E-state index in [-0.39, 0.29) is 11.3 Å². The van der Waals surface area contributed by atoms with Crippen molar-refractivity contribution < 1.29 is 4.79 Å². The molecule has 1 amide bonds. The fraction of sp³-hybridized carbons (Fsp3) is 0.500. The van der Waals surface area contributed by atoms with Crippen molar-refractivity contribution in [3.63, 3.8) is 0 Å². The summed E-state index contributed by atoms with van der Waals surface area (Å²) < 4.78 is 0.875.